The number of ether oxygens (including phenoxy) is 1. The van der Waals surface area contributed by atoms with Gasteiger partial charge in [-0.3, -0.25) is 10.2 Å². The Labute approximate surface area is 234 Å². The van der Waals surface area contributed by atoms with Gasteiger partial charge in [-0.05, 0) is 61.2 Å². The SMILES string of the molecule is CC(C)c1noc(N2CCC(C3C[C@H]3CCOC3C=CC(F)=C(CC(=O)N4CCN/C(=N\C=N)C4)C=C3)CC2)n1. The van der Waals surface area contributed by atoms with Crippen LogP contribution in [0.4, 0.5) is 10.4 Å². The van der Waals surface area contributed by atoms with Crippen molar-refractivity contribution in [1.82, 2.24) is 20.4 Å². The maximum Gasteiger partial charge on any atom is 0.324 e. The number of rotatable bonds is 10. The van der Waals surface area contributed by atoms with Crippen LogP contribution in [0, 0.1) is 23.2 Å². The van der Waals surface area contributed by atoms with Gasteiger partial charge in [-0.15, -0.1) is 0 Å². The number of piperidine rings is 1. The molecular weight excluding hydrogens is 513 g/mol. The van der Waals surface area contributed by atoms with Gasteiger partial charge in [0.05, 0.1) is 19.1 Å². The van der Waals surface area contributed by atoms with Crippen LogP contribution in [0.5, 0.6) is 0 Å². The van der Waals surface area contributed by atoms with Gasteiger partial charge in [-0.2, -0.15) is 4.98 Å². The summed E-state index contributed by atoms with van der Waals surface area (Å²) < 4.78 is 26.3. The third-order valence-electron chi connectivity index (χ3n) is 8.33. The summed E-state index contributed by atoms with van der Waals surface area (Å²) in [5.41, 5.74) is 0.353. The Morgan fingerprint density at radius 3 is 2.85 bits per heavy atom. The normalized spacial score (nSPS) is 26.4. The molecule has 216 valence electrons. The number of hydrogen-bond acceptors (Lipinski definition) is 7. The predicted molar refractivity (Wildman–Crippen MR) is 151 cm³/mol. The van der Waals surface area contributed by atoms with Crippen LogP contribution in [0.25, 0.3) is 0 Å². The first kappa shape index (κ1) is 28.2. The number of hydrogen-bond donors (Lipinski definition) is 2. The number of allylic oxidation sites excluding steroid dienone is 3. The second-order valence-electron chi connectivity index (χ2n) is 11.4. The van der Waals surface area contributed by atoms with E-state index in [4.69, 9.17) is 14.7 Å². The van der Waals surface area contributed by atoms with Gasteiger partial charge in [-0.25, -0.2) is 9.38 Å². The Bertz CT molecular complexity index is 1180. The molecule has 3 heterocycles. The molecule has 1 aromatic heterocycles. The molecule has 0 aromatic carbocycles. The van der Waals surface area contributed by atoms with Gasteiger partial charge in [-0.1, -0.05) is 31.2 Å². The highest BCUT2D eigenvalue weighted by molar-refractivity contribution is 5.93. The van der Waals surface area contributed by atoms with E-state index in [-0.39, 0.29) is 24.3 Å². The lowest BCUT2D eigenvalue weighted by atomic mass is 9.90. The summed E-state index contributed by atoms with van der Waals surface area (Å²) in [4.78, 5) is 25.1. The van der Waals surface area contributed by atoms with E-state index in [9.17, 15) is 9.18 Å². The molecule has 2 unspecified atom stereocenters. The standard InChI is InChI=1S/C29H40FN7O3/c1-19(2)28-34-29(40-35-28)36-11-7-20(8-12-36)24-15-21(24)9-14-39-23-4-3-22(25(30)6-5-23)16-27(38)37-13-10-32-26(17-37)33-18-31/h3-6,18-21,23-24H,7-17H2,1-2H3,(H2,31,32,33)/t21-,23?,24?/m1/s1. The Kier molecular flexibility index (Phi) is 9.08. The zero-order chi connectivity index (χ0) is 28.1. The maximum absolute atomic E-state index is 14.7. The average Bonchev–Trinajstić information content (AvgIpc) is 3.60. The third kappa shape index (κ3) is 7.04. The Morgan fingerprint density at radius 1 is 1.30 bits per heavy atom. The van der Waals surface area contributed by atoms with Crippen molar-refractivity contribution < 1.29 is 18.4 Å². The minimum atomic E-state index is -0.409. The van der Waals surface area contributed by atoms with E-state index in [1.54, 1.807) is 17.1 Å². The molecule has 3 atom stereocenters. The summed E-state index contributed by atoms with van der Waals surface area (Å²) >= 11 is 0. The highest BCUT2D eigenvalue weighted by Gasteiger charge is 2.43. The molecule has 2 aliphatic heterocycles. The molecule has 40 heavy (non-hydrogen) atoms. The Hall–Kier alpha value is -3.34. The molecule has 0 spiro atoms. The molecule has 5 rings (SSSR count). The lowest BCUT2D eigenvalue weighted by Gasteiger charge is -2.30. The zero-order valence-electron chi connectivity index (χ0n) is 23.4. The van der Waals surface area contributed by atoms with E-state index in [1.165, 1.54) is 12.5 Å². The lowest BCUT2D eigenvalue weighted by Crippen LogP contribution is -2.50. The lowest BCUT2D eigenvalue weighted by molar-refractivity contribution is -0.129. The summed E-state index contributed by atoms with van der Waals surface area (Å²) in [7, 11) is 0. The molecule has 1 aromatic rings. The average molecular weight is 554 g/mol. The summed E-state index contributed by atoms with van der Waals surface area (Å²) in [6, 6.07) is 0.650. The predicted octanol–water partition coefficient (Wildman–Crippen LogP) is 4.00. The number of amidine groups is 1. The van der Waals surface area contributed by atoms with Crippen molar-refractivity contribution in [2.75, 3.05) is 44.2 Å². The van der Waals surface area contributed by atoms with E-state index in [1.807, 2.05) is 6.08 Å². The van der Waals surface area contributed by atoms with Crippen molar-refractivity contribution in [3.63, 3.8) is 0 Å². The number of nitrogens with zero attached hydrogens (tertiary/aromatic N) is 5. The summed E-state index contributed by atoms with van der Waals surface area (Å²) in [6.45, 7) is 8.06. The van der Waals surface area contributed by atoms with Crippen molar-refractivity contribution in [1.29, 1.82) is 5.41 Å². The molecule has 2 aliphatic carbocycles. The second-order valence-corrected chi connectivity index (χ2v) is 11.4. The van der Waals surface area contributed by atoms with Crippen LogP contribution in [0.3, 0.4) is 0 Å². The first-order chi connectivity index (χ1) is 19.4. The fraction of sp³-hybridized carbons (Fsp3) is 0.621. The highest BCUT2D eigenvalue weighted by Crippen LogP contribution is 2.50. The quantitative estimate of drug-likeness (QED) is 0.332. The maximum atomic E-state index is 14.7. The van der Waals surface area contributed by atoms with Gasteiger partial charge in [0.15, 0.2) is 5.82 Å². The van der Waals surface area contributed by atoms with Gasteiger partial charge >= 0.3 is 6.01 Å². The van der Waals surface area contributed by atoms with Crippen molar-refractivity contribution >= 4 is 24.1 Å². The number of carbonyl (C=O) groups excluding carboxylic acids is 1. The number of aliphatic imine (C=N–C) groups is 1. The first-order valence-electron chi connectivity index (χ1n) is 14.4. The van der Waals surface area contributed by atoms with Crippen molar-refractivity contribution in [3.05, 3.63) is 41.5 Å². The van der Waals surface area contributed by atoms with Gasteiger partial charge in [0.25, 0.3) is 0 Å². The van der Waals surface area contributed by atoms with Gasteiger partial charge in [0.2, 0.25) is 5.91 Å². The summed E-state index contributed by atoms with van der Waals surface area (Å²) in [5, 5.41) is 14.3. The topological polar surface area (TPSA) is 120 Å². The zero-order valence-corrected chi connectivity index (χ0v) is 23.4. The van der Waals surface area contributed by atoms with Gasteiger partial charge < -0.3 is 24.4 Å². The molecular formula is C29H40FN7O3. The van der Waals surface area contributed by atoms with E-state index in [0.29, 0.717) is 49.6 Å². The fourth-order valence-corrected chi connectivity index (χ4v) is 5.84. The smallest absolute Gasteiger partial charge is 0.324 e. The number of aromatic nitrogens is 2. The van der Waals surface area contributed by atoms with Crippen LogP contribution in [0.15, 0.2) is 45.2 Å². The van der Waals surface area contributed by atoms with E-state index < -0.39 is 5.83 Å². The minimum absolute atomic E-state index is 0.0226. The Morgan fingerprint density at radius 2 is 2.10 bits per heavy atom. The number of amides is 1. The molecule has 0 radical (unpaired) electrons. The largest absolute Gasteiger partial charge is 0.370 e. The van der Waals surface area contributed by atoms with Crippen LogP contribution in [0.2, 0.25) is 0 Å². The molecule has 11 heteroatoms. The molecule has 10 nitrogen and oxygen atoms in total. The van der Waals surface area contributed by atoms with Crippen LogP contribution >= 0.6 is 0 Å². The fourth-order valence-electron chi connectivity index (χ4n) is 5.84. The van der Waals surface area contributed by atoms with Crippen LogP contribution in [-0.4, -0.2) is 78.6 Å². The van der Waals surface area contributed by atoms with Crippen LogP contribution in [0.1, 0.15) is 57.7 Å². The first-order valence-corrected chi connectivity index (χ1v) is 14.4. The number of nitrogens with one attached hydrogen (secondary N) is 2. The minimum Gasteiger partial charge on any atom is -0.370 e. The Balaban J connectivity index is 1.02. The van der Waals surface area contributed by atoms with E-state index >= 15 is 0 Å². The molecule has 1 amide bonds. The van der Waals surface area contributed by atoms with Crippen LogP contribution in [-0.2, 0) is 9.53 Å². The van der Waals surface area contributed by atoms with E-state index in [0.717, 1.165) is 56.4 Å². The number of halogens is 1. The van der Waals surface area contributed by atoms with Gasteiger partial charge in [0, 0.05) is 38.7 Å². The van der Waals surface area contributed by atoms with Crippen molar-refractivity contribution in [2.24, 2.45) is 22.7 Å². The highest BCUT2D eigenvalue weighted by atomic mass is 19.1. The van der Waals surface area contributed by atoms with Gasteiger partial charge in [0.1, 0.15) is 18.0 Å². The van der Waals surface area contributed by atoms with Crippen molar-refractivity contribution in [3.8, 4) is 0 Å². The number of carbonyl (C=O) groups is 1. The van der Waals surface area contributed by atoms with Crippen LogP contribution < -0.4 is 10.2 Å². The third-order valence-corrected chi connectivity index (χ3v) is 8.33. The monoisotopic (exact) mass is 553 g/mol. The molecule has 0 bridgehead atoms. The number of piperazine rings is 1. The molecule has 2 N–H and O–H groups in total. The molecule has 4 aliphatic rings. The molecule has 3 fully saturated rings. The molecule has 1 saturated carbocycles. The molecule has 2 saturated heterocycles. The summed E-state index contributed by atoms with van der Waals surface area (Å²) in [6.07, 6.45) is 11.8. The number of anilines is 1. The van der Waals surface area contributed by atoms with Crippen molar-refractivity contribution in [2.45, 2.75) is 58.0 Å². The summed E-state index contributed by atoms with van der Waals surface area (Å²) in [5.74, 6) is 3.20. The second kappa shape index (κ2) is 12.9. The van der Waals surface area contributed by atoms with E-state index in [2.05, 4.69) is 39.2 Å².